The van der Waals surface area contributed by atoms with Crippen LogP contribution in [0.15, 0.2) is 18.6 Å². The fourth-order valence-corrected chi connectivity index (χ4v) is 1.86. The summed E-state index contributed by atoms with van der Waals surface area (Å²) in [6.07, 6.45) is 7.23. The molecule has 1 aromatic rings. The van der Waals surface area contributed by atoms with Crippen LogP contribution in [0.3, 0.4) is 0 Å². The third kappa shape index (κ3) is 2.20. The quantitative estimate of drug-likeness (QED) is 0.757. The second-order valence-electron chi connectivity index (χ2n) is 3.88. The van der Waals surface area contributed by atoms with Crippen LogP contribution in [0, 0.1) is 0 Å². The molecule has 0 radical (unpaired) electrons. The molecule has 0 spiro atoms. The lowest BCUT2D eigenvalue weighted by Crippen LogP contribution is -2.33. The average Bonchev–Trinajstić information content (AvgIpc) is 2.65. The van der Waals surface area contributed by atoms with Crippen LogP contribution in [0.25, 0.3) is 0 Å². The molecule has 2 N–H and O–H groups in total. The van der Waals surface area contributed by atoms with Gasteiger partial charge in [0.05, 0.1) is 5.60 Å². The van der Waals surface area contributed by atoms with Crippen molar-refractivity contribution >= 4 is 5.82 Å². The maximum atomic E-state index is 10.0. The second kappa shape index (κ2) is 3.92. The molecule has 0 atom stereocenters. The maximum Gasteiger partial charge on any atom is 0.129 e. The molecule has 0 unspecified atom stereocenters. The number of nitrogens with zero attached hydrogens (tertiary/aromatic N) is 2. The Morgan fingerprint density at radius 1 is 1.43 bits per heavy atom. The minimum Gasteiger partial charge on any atom is -0.388 e. The summed E-state index contributed by atoms with van der Waals surface area (Å²) in [4.78, 5) is 7.87. The molecule has 0 bridgehead atoms. The van der Waals surface area contributed by atoms with E-state index in [4.69, 9.17) is 0 Å². The summed E-state index contributed by atoms with van der Waals surface area (Å²) in [5, 5.41) is 13.2. The Labute approximate surface area is 83.4 Å². The first kappa shape index (κ1) is 9.40. The largest absolute Gasteiger partial charge is 0.388 e. The summed E-state index contributed by atoms with van der Waals surface area (Å²) in [7, 11) is 0. The van der Waals surface area contributed by atoms with Gasteiger partial charge in [0.1, 0.15) is 12.1 Å². The number of hydrogen-bond donors (Lipinski definition) is 2. The van der Waals surface area contributed by atoms with E-state index in [0.29, 0.717) is 6.54 Å². The molecule has 4 nitrogen and oxygen atoms in total. The molecule has 14 heavy (non-hydrogen) atoms. The van der Waals surface area contributed by atoms with Gasteiger partial charge in [0.25, 0.3) is 0 Å². The molecule has 0 amide bonds. The van der Waals surface area contributed by atoms with Crippen molar-refractivity contribution in [3.05, 3.63) is 18.6 Å². The van der Waals surface area contributed by atoms with Crippen LogP contribution in [-0.4, -0.2) is 27.2 Å². The molecule has 1 fully saturated rings. The topological polar surface area (TPSA) is 58.0 Å². The summed E-state index contributed by atoms with van der Waals surface area (Å²) in [5.74, 6) is 0.778. The Bertz CT molecular complexity index is 283. The van der Waals surface area contributed by atoms with E-state index in [9.17, 15) is 5.11 Å². The van der Waals surface area contributed by atoms with Gasteiger partial charge >= 0.3 is 0 Å². The minimum atomic E-state index is -0.523. The van der Waals surface area contributed by atoms with E-state index in [1.165, 1.54) is 6.33 Å². The molecule has 4 heteroatoms. The van der Waals surface area contributed by atoms with E-state index in [1.807, 2.05) is 0 Å². The Hall–Kier alpha value is -1.16. The highest BCUT2D eigenvalue weighted by Gasteiger charge is 2.30. The van der Waals surface area contributed by atoms with E-state index in [-0.39, 0.29) is 0 Å². The van der Waals surface area contributed by atoms with Crippen molar-refractivity contribution in [1.82, 2.24) is 9.97 Å². The van der Waals surface area contributed by atoms with Crippen LogP contribution < -0.4 is 5.32 Å². The number of nitrogens with one attached hydrogen (secondary N) is 1. The highest BCUT2D eigenvalue weighted by Crippen LogP contribution is 2.29. The van der Waals surface area contributed by atoms with Crippen molar-refractivity contribution in [3.63, 3.8) is 0 Å². The molecule has 1 aromatic heterocycles. The first-order chi connectivity index (χ1) is 6.79. The van der Waals surface area contributed by atoms with Crippen molar-refractivity contribution in [2.24, 2.45) is 0 Å². The first-order valence-corrected chi connectivity index (χ1v) is 5.01. The number of anilines is 1. The summed E-state index contributed by atoms with van der Waals surface area (Å²) in [6, 6.07) is 1.80. The zero-order valence-corrected chi connectivity index (χ0v) is 8.11. The smallest absolute Gasteiger partial charge is 0.129 e. The van der Waals surface area contributed by atoms with Crippen LogP contribution in [0.1, 0.15) is 25.7 Å². The van der Waals surface area contributed by atoms with Crippen LogP contribution in [0.2, 0.25) is 0 Å². The predicted molar refractivity (Wildman–Crippen MR) is 53.9 cm³/mol. The zero-order valence-electron chi connectivity index (χ0n) is 8.11. The number of hydrogen-bond acceptors (Lipinski definition) is 4. The van der Waals surface area contributed by atoms with Crippen LogP contribution in [0.5, 0.6) is 0 Å². The van der Waals surface area contributed by atoms with Crippen LogP contribution in [0.4, 0.5) is 5.82 Å². The van der Waals surface area contributed by atoms with Gasteiger partial charge in [-0.05, 0) is 18.9 Å². The van der Waals surface area contributed by atoms with Crippen LogP contribution >= 0.6 is 0 Å². The van der Waals surface area contributed by atoms with Crippen molar-refractivity contribution in [2.75, 3.05) is 11.9 Å². The highest BCUT2D eigenvalue weighted by molar-refractivity contribution is 5.32. The predicted octanol–water partition coefficient (Wildman–Crippen LogP) is 1.19. The standard InChI is InChI=1S/C10H15N3O/c14-10(4-1-2-5-10)7-12-9-3-6-11-8-13-9/h3,6,8,14H,1-2,4-5,7H2,(H,11,12,13). The Kier molecular flexibility index (Phi) is 2.63. The zero-order chi connectivity index (χ0) is 9.86. The Morgan fingerprint density at radius 2 is 2.21 bits per heavy atom. The Morgan fingerprint density at radius 3 is 2.86 bits per heavy atom. The monoisotopic (exact) mass is 193 g/mol. The molecule has 1 aliphatic rings. The van der Waals surface area contributed by atoms with Crippen molar-refractivity contribution in [1.29, 1.82) is 0 Å². The molecule has 0 saturated heterocycles. The minimum absolute atomic E-state index is 0.523. The molecule has 1 saturated carbocycles. The van der Waals surface area contributed by atoms with E-state index >= 15 is 0 Å². The Balaban J connectivity index is 1.88. The second-order valence-corrected chi connectivity index (χ2v) is 3.88. The fourth-order valence-electron chi connectivity index (χ4n) is 1.86. The van der Waals surface area contributed by atoms with E-state index in [0.717, 1.165) is 31.5 Å². The molecule has 76 valence electrons. The normalized spacial score (nSPS) is 19.5. The van der Waals surface area contributed by atoms with Gasteiger partial charge in [0, 0.05) is 12.7 Å². The fraction of sp³-hybridized carbons (Fsp3) is 0.600. The lowest BCUT2D eigenvalue weighted by Gasteiger charge is -2.22. The van der Waals surface area contributed by atoms with Crippen molar-refractivity contribution < 1.29 is 5.11 Å². The van der Waals surface area contributed by atoms with E-state index in [2.05, 4.69) is 15.3 Å². The highest BCUT2D eigenvalue weighted by atomic mass is 16.3. The molecule has 2 rings (SSSR count). The van der Waals surface area contributed by atoms with Crippen molar-refractivity contribution in [3.8, 4) is 0 Å². The summed E-state index contributed by atoms with van der Waals surface area (Å²) >= 11 is 0. The first-order valence-electron chi connectivity index (χ1n) is 5.01. The average molecular weight is 193 g/mol. The molecule has 0 aromatic carbocycles. The van der Waals surface area contributed by atoms with Gasteiger partial charge in [0.2, 0.25) is 0 Å². The SMILES string of the molecule is OC1(CNc2ccncn2)CCCC1. The van der Waals surface area contributed by atoms with Gasteiger partial charge < -0.3 is 10.4 Å². The number of aliphatic hydroxyl groups is 1. The number of rotatable bonds is 3. The molecular weight excluding hydrogens is 178 g/mol. The van der Waals surface area contributed by atoms with Gasteiger partial charge in [-0.15, -0.1) is 0 Å². The molecule has 0 aliphatic heterocycles. The molecule has 1 heterocycles. The van der Waals surface area contributed by atoms with Crippen molar-refractivity contribution in [2.45, 2.75) is 31.3 Å². The van der Waals surface area contributed by atoms with Gasteiger partial charge in [-0.2, -0.15) is 0 Å². The lowest BCUT2D eigenvalue weighted by molar-refractivity contribution is 0.0614. The lowest BCUT2D eigenvalue weighted by atomic mass is 10.0. The molecular formula is C10H15N3O. The maximum absolute atomic E-state index is 10.0. The summed E-state index contributed by atoms with van der Waals surface area (Å²) in [6.45, 7) is 0.587. The van der Waals surface area contributed by atoms with Gasteiger partial charge in [-0.1, -0.05) is 12.8 Å². The van der Waals surface area contributed by atoms with Crippen LogP contribution in [-0.2, 0) is 0 Å². The van der Waals surface area contributed by atoms with Gasteiger partial charge in [-0.25, -0.2) is 9.97 Å². The van der Waals surface area contributed by atoms with Gasteiger partial charge in [0.15, 0.2) is 0 Å². The molecule has 1 aliphatic carbocycles. The summed E-state index contributed by atoms with van der Waals surface area (Å²) < 4.78 is 0. The third-order valence-corrected chi connectivity index (χ3v) is 2.71. The summed E-state index contributed by atoms with van der Waals surface area (Å²) in [5.41, 5.74) is -0.523. The van der Waals surface area contributed by atoms with E-state index in [1.54, 1.807) is 12.3 Å². The number of aromatic nitrogens is 2. The van der Waals surface area contributed by atoms with E-state index < -0.39 is 5.60 Å². The third-order valence-electron chi connectivity index (χ3n) is 2.71. The van der Waals surface area contributed by atoms with Gasteiger partial charge in [-0.3, -0.25) is 0 Å².